The lowest BCUT2D eigenvalue weighted by atomic mass is 9.83. The zero-order valence-corrected chi connectivity index (χ0v) is 11.4. The lowest BCUT2D eigenvalue weighted by Gasteiger charge is -2.18. The Morgan fingerprint density at radius 1 is 1.32 bits per heavy atom. The van der Waals surface area contributed by atoms with Gasteiger partial charge in [-0.1, -0.05) is 12.1 Å². The maximum Gasteiger partial charge on any atom is 0.316 e. The van der Waals surface area contributed by atoms with Crippen LogP contribution in [0, 0.1) is 0 Å². The number of carbonyl (C=O) groups is 2. The van der Waals surface area contributed by atoms with E-state index < -0.39 is 10.8 Å². The van der Waals surface area contributed by atoms with Gasteiger partial charge in [0.15, 0.2) is 0 Å². The Morgan fingerprint density at radius 2 is 2.00 bits per heavy atom. The summed E-state index contributed by atoms with van der Waals surface area (Å²) in [7, 11) is 1.42. The van der Waals surface area contributed by atoms with Gasteiger partial charge in [-0.15, -0.1) is 0 Å². The highest BCUT2D eigenvalue weighted by Gasteiger charge is 2.53. The van der Waals surface area contributed by atoms with Crippen LogP contribution in [0.15, 0.2) is 18.2 Å². The van der Waals surface area contributed by atoms with Crippen LogP contribution in [0.25, 0.3) is 0 Å². The number of esters is 1. The molecule has 0 spiro atoms. The molecule has 19 heavy (non-hydrogen) atoms. The average molecular weight is 259 g/mol. The highest BCUT2D eigenvalue weighted by Crippen LogP contribution is 2.51. The molecule has 1 aromatic carbocycles. The molecule has 1 fully saturated rings. The van der Waals surface area contributed by atoms with Crippen LogP contribution in [0.1, 0.15) is 37.8 Å². The molecule has 4 heteroatoms. The summed E-state index contributed by atoms with van der Waals surface area (Å²) in [6, 6.07) is 5.79. The highest BCUT2D eigenvalue weighted by atomic mass is 16.5. The molecule has 0 atom stereocenters. The first kappa shape index (κ1) is 12.2. The van der Waals surface area contributed by atoms with Crippen LogP contribution in [0.3, 0.4) is 0 Å². The number of fused-ring (bicyclic) bond motifs is 1. The Balaban J connectivity index is 2.07. The Morgan fingerprint density at radius 3 is 2.58 bits per heavy atom. The summed E-state index contributed by atoms with van der Waals surface area (Å²) in [5, 5.41) is 2.87. The van der Waals surface area contributed by atoms with Crippen LogP contribution in [-0.4, -0.2) is 19.0 Å². The van der Waals surface area contributed by atoms with Gasteiger partial charge in [0.1, 0.15) is 0 Å². The Bertz CT molecular complexity index is 585. The third-order valence-electron chi connectivity index (χ3n) is 4.39. The van der Waals surface area contributed by atoms with Gasteiger partial charge in [0.05, 0.1) is 17.9 Å². The average Bonchev–Trinajstić information content (AvgIpc) is 3.15. The summed E-state index contributed by atoms with van der Waals surface area (Å²) in [4.78, 5) is 23.8. The van der Waals surface area contributed by atoms with Crippen molar-refractivity contribution in [2.75, 3.05) is 12.4 Å². The fourth-order valence-electron chi connectivity index (χ4n) is 2.80. The number of methoxy groups -OCH3 is 1. The van der Waals surface area contributed by atoms with Crippen molar-refractivity contribution in [3.63, 3.8) is 0 Å². The number of hydrogen-bond acceptors (Lipinski definition) is 3. The topological polar surface area (TPSA) is 55.4 Å². The first-order valence-electron chi connectivity index (χ1n) is 6.47. The lowest BCUT2D eigenvalue weighted by Crippen LogP contribution is -2.27. The third kappa shape index (κ3) is 1.52. The summed E-state index contributed by atoms with van der Waals surface area (Å²) in [6.07, 6.45) is 1.64. The van der Waals surface area contributed by atoms with Gasteiger partial charge in [-0.25, -0.2) is 0 Å². The van der Waals surface area contributed by atoms with E-state index in [1.165, 1.54) is 7.11 Å². The first-order chi connectivity index (χ1) is 8.91. The monoisotopic (exact) mass is 259 g/mol. The zero-order chi connectivity index (χ0) is 13.8. The quantitative estimate of drug-likeness (QED) is 0.828. The smallest absolute Gasteiger partial charge is 0.316 e. The van der Waals surface area contributed by atoms with E-state index in [0.717, 1.165) is 29.7 Å². The zero-order valence-electron chi connectivity index (χ0n) is 11.4. The van der Waals surface area contributed by atoms with Gasteiger partial charge in [-0.05, 0) is 43.9 Å². The molecule has 0 bridgehead atoms. The third-order valence-corrected chi connectivity index (χ3v) is 4.39. The highest BCUT2D eigenvalue weighted by molar-refractivity contribution is 6.05. The van der Waals surface area contributed by atoms with Crippen LogP contribution in [0.4, 0.5) is 5.69 Å². The van der Waals surface area contributed by atoms with E-state index in [1.807, 2.05) is 32.0 Å². The minimum atomic E-state index is -0.544. The molecule has 0 aromatic heterocycles. The van der Waals surface area contributed by atoms with Gasteiger partial charge < -0.3 is 10.1 Å². The Kier molecular flexibility index (Phi) is 2.31. The maximum absolute atomic E-state index is 11.9. The van der Waals surface area contributed by atoms with Crippen molar-refractivity contribution in [1.82, 2.24) is 0 Å². The molecule has 4 nitrogen and oxygen atoms in total. The molecule has 100 valence electrons. The van der Waals surface area contributed by atoms with E-state index in [4.69, 9.17) is 4.74 Å². The van der Waals surface area contributed by atoms with Crippen molar-refractivity contribution >= 4 is 17.6 Å². The molecule has 2 aliphatic rings. The first-order valence-corrected chi connectivity index (χ1v) is 6.47. The molecular weight excluding hydrogens is 242 g/mol. The number of hydrogen-bond donors (Lipinski definition) is 1. The molecule has 3 rings (SSSR count). The van der Waals surface area contributed by atoms with E-state index in [-0.39, 0.29) is 11.9 Å². The van der Waals surface area contributed by atoms with Gasteiger partial charge in [0.2, 0.25) is 5.91 Å². The minimum absolute atomic E-state index is 0.00237. The Hall–Kier alpha value is -1.84. The molecule has 1 saturated carbocycles. The van der Waals surface area contributed by atoms with Crippen LogP contribution in [0.5, 0.6) is 0 Å². The normalized spacial score (nSPS) is 21.5. The number of benzene rings is 1. The summed E-state index contributed by atoms with van der Waals surface area (Å²) < 4.78 is 4.90. The Labute approximate surface area is 112 Å². The van der Waals surface area contributed by atoms with Gasteiger partial charge in [0.25, 0.3) is 0 Å². The fourth-order valence-corrected chi connectivity index (χ4v) is 2.80. The van der Waals surface area contributed by atoms with E-state index in [9.17, 15) is 9.59 Å². The molecule has 1 aliphatic carbocycles. The molecule has 1 aliphatic heterocycles. The van der Waals surface area contributed by atoms with E-state index in [1.54, 1.807) is 0 Å². The lowest BCUT2D eigenvalue weighted by molar-refractivity contribution is -0.143. The van der Waals surface area contributed by atoms with Crippen molar-refractivity contribution in [1.29, 1.82) is 0 Å². The van der Waals surface area contributed by atoms with Crippen molar-refractivity contribution in [2.45, 2.75) is 37.5 Å². The summed E-state index contributed by atoms with van der Waals surface area (Å²) >= 11 is 0. The molecule has 0 radical (unpaired) electrons. The van der Waals surface area contributed by atoms with Crippen LogP contribution < -0.4 is 5.32 Å². The molecule has 0 unspecified atom stereocenters. The summed E-state index contributed by atoms with van der Waals surface area (Å²) in [5.74, 6) is -0.176. The minimum Gasteiger partial charge on any atom is -0.468 e. The summed E-state index contributed by atoms with van der Waals surface area (Å²) in [5.41, 5.74) is 1.75. The molecular formula is C15H17NO3. The van der Waals surface area contributed by atoms with Crippen LogP contribution in [-0.2, 0) is 25.2 Å². The second kappa shape index (κ2) is 3.59. The largest absolute Gasteiger partial charge is 0.468 e. The number of carbonyl (C=O) groups excluding carboxylic acids is 2. The molecule has 1 N–H and O–H groups in total. The standard InChI is InChI=1S/C15H17NO3/c1-14(2)10-8-9(4-5-11(10)16-12(14)17)15(6-7-15)13(18)19-3/h4-5,8H,6-7H2,1-3H3,(H,16,17). The molecule has 1 heterocycles. The van der Waals surface area contributed by atoms with E-state index >= 15 is 0 Å². The van der Waals surface area contributed by atoms with Gasteiger partial charge in [0, 0.05) is 5.69 Å². The van der Waals surface area contributed by atoms with Crippen molar-refractivity contribution in [3.05, 3.63) is 29.3 Å². The van der Waals surface area contributed by atoms with Crippen LogP contribution >= 0.6 is 0 Å². The van der Waals surface area contributed by atoms with Crippen molar-refractivity contribution in [2.24, 2.45) is 0 Å². The predicted octanol–water partition coefficient (Wildman–Crippen LogP) is 2.12. The fraction of sp³-hybridized carbons (Fsp3) is 0.467. The maximum atomic E-state index is 11.9. The van der Waals surface area contributed by atoms with E-state index in [2.05, 4.69) is 5.32 Å². The second-order valence-corrected chi connectivity index (χ2v) is 5.91. The van der Waals surface area contributed by atoms with Gasteiger partial charge in [-0.2, -0.15) is 0 Å². The summed E-state index contributed by atoms with van der Waals surface area (Å²) in [6.45, 7) is 3.80. The molecule has 1 aromatic rings. The second-order valence-electron chi connectivity index (χ2n) is 5.91. The number of nitrogens with one attached hydrogen (secondary N) is 1. The van der Waals surface area contributed by atoms with Crippen molar-refractivity contribution in [3.8, 4) is 0 Å². The number of rotatable bonds is 2. The molecule has 0 saturated heterocycles. The van der Waals surface area contributed by atoms with E-state index in [0.29, 0.717) is 0 Å². The van der Waals surface area contributed by atoms with Crippen LogP contribution in [0.2, 0.25) is 0 Å². The van der Waals surface area contributed by atoms with Crippen molar-refractivity contribution < 1.29 is 14.3 Å². The van der Waals surface area contributed by atoms with Gasteiger partial charge in [-0.3, -0.25) is 9.59 Å². The number of anilines is 1. The molecule has 1 amide bonds. The number of ether oxygens (including phenoxy) is 1. The number of amides is 1. The predicted molar refractivity (Wildman–Crippen MR) is 71.0 cm³/mol. The SMILES string of the molecule is COC(=O)C1(c2ccc3c(c2)C(C)(C)C(=O)N3)CC1. The van der Waals surface area contributed by atoms with Gasteiger partial charge >= 0.3 is 5.97 Å².